The number of hydrogen-bond donors (Lipinski definition) is 0. The summed E-state index contributed by atoms with van der Waals surface area (Å²) in [6, 6.07) is 8.34. The Bertz CT molecular complexity index is 898. The zero-order chi connectivity index (χ0) is 17.1. The van der Waals surface area contributed by atoms with Crippen molar-refractivity contribution in [1.29, 1.82) is 0 Å². The molecule has 2 aliphatic heterocycles. The van der Waals surface area contributed by atoms with E-state index in [0.717, 1.165) is 0 Å². The number of carbonyl (C=O) groups is 2. The van der Waals surface area contributed by atoms with Gasteiger partial charge in [0, 0.05) is 5.69 Å². The maximum Gasteiger partial charge on any atom is 0.345 e. The highest BCUT2D eigenvalue weighted by Gasteiger charge is 2.59. The van der Waals surface area contributed by atoms with Gasteiger partial charge in [-0.05, 0) is 38.1 Å². The van der Waals surface area contributed by atoms with Crippen LogP contribution in [0.15, 0.2) is 30.3 Å². The number of hydrogen-bond acceptors (Lipinski definition) is 5. The van der Waals surface area contributed by atoms with Crippen LogP contribution in [0.4, 0.5) is 5.69 Å². The molecule has 1 unspecified atom stereocenters. The summed E-state index contributed by atoms with van der Waals surface area (Å²) in [5, 5.41) is 0.218. The lowest BCUT2D eigenvalue weighted by Gasteiger charge is -2.40. The SMILES string of the molecule is CCOC12OC(=O)c3c(Cl)cccc3N1C(=O)c1nc(C)ccc12. The highest BCUT2D eigenvalue weighted by Crippen LogP contribution is 2.49. The molecule has 4 rings (SSSR count). The minimum atomic E-state index is -1.64. The van der Waals surface area contributed by atoms with Crippen LogP contribution in [0.5, 0.6) is 0 Å². The molecule has 1 amide bonds. The number of esters is 1. The number of aryl methyl sites for hydroxylation is 1. The number of amides is 1. The Morgan fingerprint density at radius 3 is 2.83 bits per heavy atom. The van der Waals surface area contributed by atoms with E-state index < -0.39 is 17.8 Å². The van der Waals surface area contributed by atoms with Crippen LogP contribution < -0.4 is 4.90 Å². The van der Waals surface area contributed by atoms with E-state index in [9.17, 15) is 9.59 Å². The van der Waals surface area contributed by atoms with Crippen molar-refractivity contribution in [2.75, 3.05) is 11.5 Å². The molecule has 122 valence electrons. The predicted molar refractivity (Wildman–Crippen MR) is 86.0 cm³/mol. The van der Waals surface area contributed by atoms with Crippen molar-refractivity contribution in [3.8, 4) is 0 Å². The third kappa shape index (κ3) is 1.78. The lowest BCUT2D eigenvalue weighted by atomic mass is 10.1. The van der Waals surface area contributed by atoms with Crippen LogP contribution in [0.3, 0.4) is 0 Å². The summed E-state index contributed by atoms with van der Waals surface area (Å²) in [6.45, 7) is 3.79. The van der Waals surface area contributed by atoms with Crippen molar-refractivity contribution in [3.63, 3.8) is 0 Å². The molecule has 0 radical (unpaired) electrons. The molecule has 2 aliphatic rings. The fourth-order valence-corrected chi connectivity index (χ4v) is 3.40. The lowest BCUT2D eigenvalue weighted by Crippen LogP contribution is -2.53. The average Bonchev–Trinajstić information content (AvgIpc) is 2.76. The summed E-state index contributed by atoms with van der Waals surface area (Å²) in [7, 11) is 0. The van der Waals surface area contributed by atoms with E-state index in [0.29, 0.717) is 16.9 Å². The first kappa shape index (κ1) is 15.1. The molecule has 0 saturated heterocycles. The summed E-state index contributed by atoms with van der Waals surface area (Å²) in [4.78, 5) is 31.2. The van der Waals surface area contributed by atoms with E-state index in [-0.39, 0.29) is 22.9 Å². The molecular weight excluding hydrogens is 332 g/mol. The number of halogens is 1. The zero-order valence-corrected chi connectivity index (χ0v) is 13.8. The molecule has 7 heteroatoms. The number of nitrogens with zero attached hydrogens (tertiary/aromatic N) is 2. The Kier molecular flexibility index (Phi) is 3.16. The fraction of sp³-hybridized carbons (Fsp3) is 0.235. The topological polar surface area (TPSA) is 68.7 Å². The maximum absolute atomic E-state index is 13.0. The van der Waals surface area contributed by atoms with Crippen molar-refractivity contribution in [2.24, 2.45) is 0 Å². The molecule has 0 N–H and O–H groups in total. The Labute approximate surface area is 142 Å². The van der Waals surface area contributed by atoms with Crippen LogP contribution in [-0.4, -0.2) is 23.5 Å². The number of pyridine rings is 1. The third-order valence-electron chi connectivity index (χ3n) is 4.08. The normalized spacial score (nSPS) is 21.2. The third-order valence-corrected chi connectivity index (χ3v) is 4.40. The molecule has 24 heavy (non-hydrogen) atoms. The van der Waals surface area contributed by atoms with Crippen molar-refractivity contribution < 1.29 is 19.1 Å². The fourth-order valence-electron chi connectivity index (χ4n) is 3.15. The first-order valence-corrected chi connectivity index (χ1v) is 7.86. The predicted octanol–water partition coefficient (Wildman–Crippen LogP) is 3.02. The molecule has 0 saturated carbocycles. The van der Waals surface area contributed by atoms with E-state index in [2.05, 4.69) is 4.98 Å². The minimum absolute atomic E-state index is 0.146. The Balaban J connectivity index is 2.04. The van der Waals surface area contributed by atoms with Gasteiger partial charge in [0.05, 0.1) is 22.9 Å². The Morgan fingerprint density at radius 2 is 2.08 bits per heavy atom. The summed E-state index contributed by atoms with van der Waals surface area (Å²) in [6.07, 6.45) is 0. The van der Waals surface area contributed by atoms with Crippen molar-refractivity contribution in [1.82, 2.24) is 4.98 Å². The number of carbonyl (C=O) groups excluding carboxylic acids is 2. The Hall–Kier alpha value is -2.44. The molecule has 2 aromatic rings. The summed E-state index contributed by atoms with van der Waals surface area (Å²) in [5.41, 5.74) is 1.81. The molecule has 0 aliphatic carbocycles. The van der Waals surface area contributed by atoms with Gasteiger partial charge in [0.15, 0.2) is 0 Å². The van der Waals surface area contributed by atoms with E-state index in [4.69, 9.17) is 21.1 Å². The van der Waals surface area contributed by atoms with Gasteiger partial charge < -0.3 is 9.47 Å². The largest absolute Gasteiger partial charge is 0.405 e. The number of benzene rings is 1. The van der Waals surface area contributed by atoms with Crippen LogP contribution in [-0.2, 0) is 15.4 Å². The molecule has 6 nitrogen and oxygen atoms in total. The average molecular weight is 345 g/mol. The van der Waals surface area contributed by atoms with Gasteiger partial charge in [0.2, 0.25) is 0 Å². The summed E-state index contributed by atoms with van der Waals surface area (Å²) >= 11 is 6.14. The Morgan fingerprint density at radius 1 is 1.29 bits per heavy atom. The van der Waals surface area contributed by atoms with Crippen LogP contribution in [0.1, 0.15) is 39.0 Å². The van der Waals surface area contributed by atoms with Gasteiger partial charge in [0.1, 0.15) is 11.3 Å². The quantitative estimate of drug-likeness (QED) is 0.783. The second-order valence-corrected chi connectivity index (χ2v) is 5.93. The molecule has 3 heterocycles. The van der Waals surface area contributed by atoms with Gasteiger partial charge in [-0.15, -0.1) is 0 Å². The number of ether oxygens (including phenoxy) is 2. The van der Waals surface area contributed by atoms with Crippen LogP contribution in [0.2, 0.25) is 5.02 Å². The maximum atomic E-state index is 13.0. The molecule has 0 bridgehead atoms. The second-order valence-electron chi connectivity index (χ2n) is 5.53. The highest BCUT2D eigenvalue weighted by atomic mass is 35.5. The molecule has 0 spiro atoms. The van der Waals surface area contributed by atoms with Gasteiger partial charge in [-0.3, -0.25) is 4.79 Å². The van der Waals surface area contributed by atoms with Crippen molar-refractivity contribution >= 4 is 29.2 Å². The smallest absolute Gasteiger partial charge is 0.345 e. The van der Waals surface area contributed by atoms with Crippen LogP contribution in [0.25, 0.3) is 0 Å². The van der Waals surface area contributed by atoms with Crippen molar-refractivity contribution in [3.05, 3.63) is 57.9 Å². The van der Waals surface area contributed by atoms with Crippen LogP contribution in [0, 0.1) is 6.92 Å². The monoisotopic (exact) mass is 344 g/mol. The number of aromatic nitrogens is 1. The first-order valence-electron chi connectivity index (χ1n) is 7.48. The van der Waals surface area contributed by atoms with E-state index in [1.54, 1.807) is 44.2 Å². The lowest BCUT2D eigenvalue weighted by molar-refractivity contribution is -0.204. The molecule has 1 aromatic heterocycles. The molecule has 1 aromatic carbocycles. The van der Waals surface area contributed by atoms with Gasteiger partial charge in [-0.2, -0.15) is 0 Å². The number of fused-ring (bicyclic) bond motifs is 5. The van der Waals surface area contributed by atoms with Gasteiger partial charge in [0.25, 0.3) is 5.91 Å². The second kappa shape index (κ2) is 5.03. The van der Waals surface area contributed by atoms with Gasteiger partial charge in [-0.25, -0.2) is 14.7 Å². The summed E-state index contributed by atoms with van der Waals surface area (Å²) < 4.78 is 11.4. The number of anilines is 1. The molecule has 1 atom stereocenters. The zero-order valence-electron chi connectivity index (χ0n) is 13.0. The summed E-state index contributed by atoms with van der Waals surface area (Å²) in [5.74, 6) is -2.67. The van der Waals surface area contributed by atoms with E-state index in [1.807, 2.05) is 0 Å². The van der Waals surface area contributed by atoms with Gasteiger partial charge >= 0.3 is 11.9 Å². The minimum Gasteiger partial charge on any atom is -0.405 e. The van der Waals surface area contributed by atoms with E-state index >= 15 is 0 Å². The van der Waals surface area contributed by atoms with Gasteiger partial charge in [-0.1, -0.05) is 17.7 Å². The van der Waals surface area contributed by atoms with Crippen LogP contribution >= 0.6 is 11.6 Å². The standard InChI is InChI=1S/C17H13ClN2O4/c1-3-23-17-10-8-7-9(2)19-14(10)15(21)20(17)12-6-4-5-11(18)13(12)16(22)24-17/h4-8H,3H2,1-2H3. The first-order chi connectivity index (χ1) is 11.5. The molecular formula is C17H13ClN2O4. The molecule has 0 fully saturated rings. The van der Waals surface area contributed by atoms with E-state index in [1.165, 1.54) is 4.90 Å². The highest BCUT2D eigenvalue weighted by molar-refractivity contribution is 6.35. The van der Waals surface area contributed by atoms with Crippen molar-refractivity contribution in [2.45, 2.75) is 19.8 Å². The number of rotatable bonds is 2.